The molecule has 180 valence electrons. The zero-order chi connectivity index (χ0) is 22.2. The van der Waals surface area contributed by atoms with E-state index in [9.17, 15) is 4.79 Å². The highest BCUT2D eigenvalue weighted by atomic mass is 16.1. The van der Waals surface area contributed by atoms with E-state index in [-0.39, 0.29) is 5.91 Å². The van der Waals surface area contributed by atoms with Gasteiger partial charge in [0.15, 0.2) is 0 Å². The highest BCUT2D eigenvalue weighted by molar-refractivity contribution is 5.73. The van der Waals surface area contributed by atoms with Crippen LogP contribution >= 0.6 is 0 Å². The average molecular weight is 440 g/mol. The molecule has 0 aromatic rings. The number of rotatable bonds is 13. The number of fused-ring (bicyclic) bond motifs is 4. The fourth-order valence-electron chi connectivity index (χ4n) is 8.06. The van der Waals surface area contributed by atoms with Gasteiger partial charge >= 0.3 is 0 Å². The number of carbonyl (C=O) groups is 1. The summed E-state index contributed by atoms with van der Waals surface area (Å²) in [7, 11) is 0. The molecule has 2 saturated carbocycles. The van der Waals surface area contributed by atoms with E-state index < -0.39 is 0 Å². The van der Waals surface area contributed by atoms with Gasteiger partial charge in [-0.1, -0.05) is 75.9 Å². The lowest BCUT2D eigenvalue weighted by Crippen LogP contribution is -2.38. The van der Waals surface area contributed by atoms with Crippen molar-refractivity contribution >= 4 is 5.91 Å². The van der Waals surface area contributed by atoms with Gasteiger partial charge in [-0.15, -0.1) is 0 Å². The largest absolute Gasteiger partial charge is 0.370 e. The second-order valence-corrected chi connectivity index (χ2v) is 11.6. The van der Waals surface area contributed by atoms with Crippen LogP contribution in [0.25, 0.3) is 0 Å². The number of hydrogen-bond acceptors (Lipinski definition) is 1. The summed E-state index contributed by atoms with van der Waals surface area (Å²) in [5.74, 6) is 1.84. The molecule has 0 spiro atoms. The van der Waals surface area contributed by atoms with Crippen molar-refractivity contribution in [3.05, 3.63) is 22.8 Å². The van der Waals surface area contributed by atoms with Gasteiger partial charge in [-0.2, -0.15) is 0 Å². The van der Waals surface area contributed by atoms with Crippen LogP contribution in [-0.2, 0) is 4.79 Å². The van der Waals surface area contributed by atoms with Crippen LogP contribution in [-0.4, -0.2) is 5.91 Å². The van der Waals surface area contributed by atoms with Gasteiger partial charge in [-0.05, 0) is 99.0 Å². The molecule has 4 aliphatic carbocycles. The van der Waals surface area contributed by atoms with Crippen molar-refractivity contribution in [3.63, 3.8) is 0 Å². The minimum Gasteiger partial charge on any atom is -0.370 e. The van der Waals surface area contributed by atoms with Gasteiger partial charge in [-0.3, -0.25) is 4.79 Å². The Morgan fingerprint density at radius 2 is 1.56 bits per heavy atom. The van der Waals surface area contributed by atoms with E-state index in [1.165, 1.54) is 128 Å². The van der Waals surface area contributed by atoms with E-state index in [1.807, 2.05) is 11.1 Å². The Balaban J connectivity index is 1.13. The van der Waals surface area contributed by atoms with E-state index in [4.69, 9.17) is 5.73 Å². The second-order valence-electron chi connectivity index (χ2n) is 11.6. The fraction of sp³-hybridized carbons (Fsp3) is 0.833. The van der Waals surface area contributed by atoms with Crippen molar-refractivity contribution in [3.8, 4) is 0 Å². The summed E-state index contributed by atoms with van der Waals surface area (Å²) < 4.78 is 0. The second kappa shape index (κ2) is 11.9. The number of carbonyl (C=O) groups excluding carboxylic acids is 1. The monoisotopic (exact) mass is 439 g/mol. The lowest BCUT2D eigenvalue weighted by Gasteiger charge is -2.49. The molecule has 0 saturated heterocycles. The minimum absolute atomic E-state index is 0.145. The molecule has 1 amide bonds. The molecule has 0 heterocycles. The first-order chi connectivity index (χ1) is 15.7. The summed E-state index contributed by atoms with van der Waals surface area (Å²) in [6, 6.07) is 0. The highest BCUT2D eigenvalue weighted by Crippen LogP contribution is 2.62. The Kier molecular flexibility index (Phi) is 8.95. The van der Waals surface area contributed by atoms with E-state index in [2.05, 4.69) is 6.08 Å². The standard InChI is InChI=1S/C30H49NO/c31-29(32)17-9-7-5-3-1-2-4-6-8-12-21-30-22-13-16-28(30)27-19-18-24-14-10-11-15-25(24)26(27)20-23-30/h14,27-28H,1-13,15-23H2,(H2,31,32)/t27-,28+,30+/m1/s1. The van der Waals surface area contributed by atoms with Crippen LogP contribution in [0, 0.1) is 17.3 Å². The molecule has 4 aliphatic rings. The van der Waals surface area contributed by atoms with E-state index in [1.54, 1.807) is 5.57 Å². The number of unbranched alkanes of at least 4 members (excludes halogenated alkanes) is 9. The van der Waals surface area contributed by atoms with Gasteiger partial charge in [0.25, 0.3) is 0 Å². The predicted molar refractivity (Wildman–Crippen MR) is 135 cm³/mol. The smallest absolute Gasteiger partial charge is 0.217 e. The van der Waals surface area contributed by atoms with Gasteiger partial charge in [0, 0.05) is 6.42 Å². The summed E-state index contributed by atoms with van der Waals surface area (Å²) in [6.07, 6.45) is 32.5. The molecule has 32 heavy (non-hydrogen) atoms. The maximum Gasteiger partial charge on any atom is 0.217 e. The molecule has 3 atom stereocenters. The van der Waals surface area contributed by atoms with Gasteiger partial charge in [-0.25, -0.2) is 0 Å². The molecule has 2 nitrogen and oxygen atoms in total. The highest BCUT2D eigenvalue weighted by Gasteiger charge is 2.50. The van der Waals surface area contributed by atoms with Gasteiger partial charge in [0.05, 0.1) is 0 Å². The van der Waals surface area contributed by atoms with E-state index in [0.29, 0.717) is 6.42 Å². The van der Waals surface area contributed by atoms with Gasteiger partial charge in [0.2, 0.25) is 5.91 Å². The van der Waals surface area contributed by atoms with Crippen molar-refractivity contribution in [1.29, 1.82) is 0 Å². The zero-order valence-electron chi connectivity index (χ0n) is 20.8. The van der Waals surface area contributed by atoms with Crippen LogP contribution in [0.5, 0.6) is 0 Å². The van der Waals surface area contributed by atoms with Crippen LogP contribution in [0.4, 0.5) is 0 Å². The van der Waals surface area contributed by atoms with Crippen LogP contribution in [0.2, 0.25) is 0 Å². The van der Waals surface area contributed by atoms with Gasteiger partial charge in [0.1, 0.15) is 0 Å². The molecule has 0 bridgehead atoms. The predicted octanol–water partition coefficient (Wildman–Crippen LogP) is 8.55. The van der Waals surface area contributed by atoms with Crippen molar-refractivity contribution in [1.82, 2.24) is 0 Å². The fourth-order valence-corrected chi connectivity index (χ4v) is 8.06. The molecular formula is C30H49NO. The number of amides is 1. The molecular weight excluding hydrogens is 390 g/mol. The first-order valence-electron chi connectivity index (χ1n) is 14.4. The lowest BCUT2D eigenvalue weighted by molar-refractivity contribution is -0.118. The third-order valence-electron chi connectivity index (χ3n) is 9.67. The molecule has 0 unspecified atom stereocenters. The third-order valence-corrected chi connectivity index (χ3v) is 9.67. The van der Waals surface area contributed by atoms with Crippen LogP contribution in [0.3, 0.4) is 0 Å². The first-order valence-corrected chi connectivity index (χ1v) is 14.4. The molecule has 2 N–H and O–H groups in total. The van der Waals surface area contributed by atoms with Crippen molar-refractivity contribution < 1.29 is 4.79 Å². The molecule has 4 rings (SSSR count). The van der Waals surface area contributed by atoms with E-state index >= 15 is 0 Å². The Morgan fingerprint density at radius 3 is 2.31 bits per heavy atom. The van der Waals surface area contributed by atoms with Crippen molar-refractivity contribution in [2.45, 2.75) is 141 Å². The normalized spacial score (nSPS) is 29.3. The molecule has 2 heteroatoms. The Bertz CT molecular complexity index is 689. The number of hydrogen-bond donors (Lipinski definition) is 1. The van der Waals surface area contributed by atoms with Gasteiger partial charge < -0.3 is 5.73 Å². The Hall–Kier alpha value is -1.05. The first kappa shape index (κ1) is 24.1. The SMILES string of the molecule is NC(=O)CCCCCCCCCCCC[C@@]12CCC[C@H]1[C@@H]1CCC3=CCCCC3=C1CC2. The molecule has 0 aliphatic heterocycles. The minimum atomic E-state index is -0.145. The molecule has 0 radical (unpaired) electrons. The summed E-state index contributed by atoms with van der Waals surface area (Å²) in [6.45, 7) is 0. The van der Waals surface area contributed by atoms with E-state index in [0.717, 1.165) is 23.7 Å². The summed E-state index contributed by atoms with van der Waals surface area (Å²) in [4.78, 5) is 10.8. The third kappa shape index (κ3) is 5.89. The average Bonchev–Trinajstić information content (AvgIpc) is 3.24. The Labute approximate surface area is 197 Å². The lowest BCUT2D eigenvalue weighted by atomic mass is 9.56. The number of primary amides is 1. The van der Waals surface area contributed by atoms with Crippen LogP contribution in [0.15, 0.2) is 22.8 Å². The quantitative estimate of drug-likeness (QED) is 0.287. The summed E-state index contributed by atoms with van der Waals surface area (Å²) in [5.41, 5.74) is 11.5. The maximum absolute atomic E-state index is 10.8. The Morgan fingerprint density at radius 1 is 0.844 bits per heavy atom. The molecule has 2 fully saturated rings. The summed E-state index contributed by atoms with van der Waals surface area (Å²) in [5, 5.41) is 0. The number of nitrogens with two attached hydrogens (primary N) is 1. The zero-order valence-corrected chi connectivity index (χ0v) is 20.8. The summed E-state index contributed by atoms with van der Waals surface area (Å²) >= 11 is 0. The molecule has 0 aromatic carbocycles. The van der Waals surface area contributed by atoms with Crippen molar-refractivity contribution in [2.75, 3.05) is 0 Å². The topological polar surface area (TPSA) is 43.1 Å². The maximum atomic E-state index is 10.8. The number of allylic oxidation sites excluding steroid dienone is 4. The van der Waals surface area contributed by atoms with Crippen molar-refractivity contribution in [2.24, 2.45) is 23.0 Å². The van der Waals surface area contributed by atoms with Crippen LogP contribution < -0.4 is 5.73 Å². The molecule has 0 aromatic heterocycles. The van der Waals surface area contributed by atoms with Crippen LogP contribution in [0.1, 0.15) is 141 Å².